The van der Waals surface area contributed by atoms with Crippen molar-refractivity contribution in [3.05, 3.63) is 45.5 Å². The first-order valence-electron chi connectivity index (χ1n) is 7.29. The number of hydrogen-bond acceptors (Lipinski definition) is 6. The van der Waals surface area contributed by atoms with Gasteiger partial charge in [0.25, 0.3) is 11.6 Å². The second kappa shape index (κ2) is 6.43. The molecule has 3 rings (SSSR count). The fraction of sp³-hybridized carbons (Fsp3) is 0.333. The standard InChI is InChI=1S/C15H16N4O3S/c16-7-12(9-1-2-9)17-14(20)13-8-23-15(18-13)10-3-5-11(6-4-10)19(21)22/h3-6,8-9,12H,1-2,7,16H2,(H,17,20). The number of amides is 1. The molecule has 1 aromatic carbocycles. The predicted octanol–water partition coefficient (Wildman–Crippen LogP) is 2.19. The van der Waals surface area contributed by atoms with E-state index >= 15 is 0 Å². The average molecular weight is 332 g/mol. The molecule has 1 aliphatic rings. The van der Waals surface area contributed by atoms with Gasteiger partial charge in [0.1, 0.15) is 10.7 Å². The molecule has 7 nitrogen and oxygen atoms in total. The van der Waals surface area contributed by atoms with Crippen LogP contribution in [0.4, 0.5) is 5.69 Å². The van der Waals surface area contributed by atoms with E-state index in [1.807, 2.05) is 0 Å². The van der Waals surface area contributed by atoms with Crippen molar-refractivity contribution in [3.8, 4) is 10.6 Å². The zero-order valence-corrected chi connectivity index (χ0v) is 13.1. The highest BCUT2D eigenvalue weighted by Gasteiger charge is 2.31. The molecule has 0 saturated heterocycles. The summed E-state index contributed by atoms with van der Waals surface area (Å²) in [6.45, 7) is 0.426. The number of thiazole rings is 1. The van der Waals surface area contributed by atoms with Crippen LogP contribution < -0.4 is 11.1 Å². The topological polar surface area (TPSA) is 111 Å². The third-order valence-corrected chi connectivity index (χ3v) is 4.71. The number of rotatable bonds is 6. The van der Waals surface area contributed by atoms with Gasteiger partial charge < -0.3 is 11.1 Å². The molecule has 2 aromatic rings. The fourth-order valence-corrected chi connectivity index (χ4v) is 3.15. The number of benzene rings is 1. The summed E-state index contributed by atoms with van der Waals surface area (Å²) >= 11 is 1.33. The lowest BCUT2D eigenvalue weighted by molar-refractivity contribution is -0.384. The summed E-state index contributed by atoms with van der Waals surface area (Å²) in [7, 11) is 0. The minimum Gasteiger partial charge on any atom is -0.346 e. The summed E-state index contributed by atoms with van der Waals surface area (Å²) < 4.78 is 0. The lowest BCUT2D eigenvalue weighted by Gasteiger charge is -2.14. The highest BCUT2D eigenvalue weighted by Crippen LogP contribution is 2.32. The van der Waals surface area contributed by atoms with E-state index in [9.17, 15) is 14.9 Å². The Bertz CT molecular complexity index is 725. The lowest BCUT2D eigenvalue weighted by Crippen LogP contribution is -2.41. The van der Waals surface area contributed by atoms with Crippen LogP contribution in [0.2, 0.25) is 0 Å². The van der Waals surface area contributed by atoms with Crippen LogP contribution in [-0.4, -0.2) is 28.4 Å². The van der Waals surface area contributed by atoms with Crippen molar-refractivity contribution in [2.75, 3.05) is 6.54 Å². The summed E-state index contributed by atoms with van der Waals surface area (Å²) in [4.78, 5) is 26.8. The first-order chi connectivity index (χ1) is 11.1. The largest absolute Gasteiger partial charge is 0.346 e. The van der Waals surface area contributed by atoms with Gasteiger partial charge in [-0.2, -0.15) is 0 Å². The number of aromatic nitrogens is 1. The zero-order chi connectivity index (χ0) is 16.4. The number of nitrogens with one attached hydrogen (secondary N) is 1. The van der Waals surface area contributed by atoms with Gasteiger partial charge in [0, 0.05) is 35.7 Å². The number of nitro groups is 1. The number of carbonyl (C=O) groups is 1. The zero-order valence-electron chi connectivity index (χ0n) is 12.3. The molecule has 0 bridgehead atoms. The number of non-ortho nitro benzene ring substituents is 1. The van der Waals surface area contributed by atoms with Gasteiger partial charge in [-0.3, -0.25) is 14.9 Å². The Kier molecular flexibility index (Phi) is 4.35. The molecule has 0 aliphatic heterocycles. The van der Waals surface area contributed by atoms with Gasteiger partial charge in [0.2, 0.25) is 0 Å². The van der Waals surface area contributed by atoms with E-state index in [0.717, 1.165) is 18.4 Å². The number of nitro benzene ring substituents is 1. The molecule has 1 amide bonds. The molecule has 1 aromatic heterocycles. The Morgan fingerprint density at radius 3 is 2.70 bits per heavy atom. The van der Waals surface area contributed by atoms with Crippen molar-refractivity contribution in [3.63, 3.8) is 0 Å². The van der Waals surface area contributed by atoms with Crippen LogP contribution >= 0.6 is 11.3 Å². The minimum atomic E-state index is -0.449. The van der Waals surface area contributed by atoms with Gasteiger partial charge in [-0.05, 0) is 30.9 Å². The lowest BCUT2D eigenvalue weighted by atomic mass is 10.2. The number of nitrogens with two attached hydrogens (primary N) is 1. The molecule has 3 N–H and O–H groups in total. The van der Waals surface area contributed by atoms with Crippen molar-refractivity contribution in [2.45, 2.75) is 18.9 Å². The van der Waals surface area contributed by atoms with E-state index in [0.29, 0.717) is 23.2 Å². The van der Waals surface area contributed by atoms with Crippen molar-refractivity contribution in [1.82, 2.24) is 10.3 Å². The molecular formula is C15H16N4O3S. The van der Waals surface area contributed by atoms with Crippen LogP contribution in [0.25, 0.3) is 10.6 Å². The normalized spacial score (nSPS) is 15.2. The molecule has 120 valence electrons. The summed E-state index contributed by atoms with van der Waals surface area (Å²) in [5.41, 5.74) is 6.81. The molecule has 1 aliphatic carbocycles. The summed E-state index contributed by atoms with van der Waals surface area (Å²) in [5, 5.41) is 15.9. The number of nitrogens with zero attached hydrogens (tertiary/aromatic N) is 2. The second-order valence-corrected chi connectivity index (χ2v) is 6.35. The van der Waals surface area contributed by atoms with Gasteiger partial charge in [0.15, 0.2) is 0 Å². The highest BCUT2D eigenvalue weighted by atomic mass is 32.1. The Morgan fingerprint density at radius 2 is 2.13 bits per heavy atom. The SMILES string of the molecule is NCC(NC(=O)c1csc(-c2ccc([N+](=O)[O-])cc2)n1)C1CC1. The maximum atomic E-state index is 12.2. The molecule has 1 saturated carbocycles. The maximum Gasteiger partial charge on any atom is 0.271 e. The van der Waals surface area contributed by atoms with E-state index < -0.39 is 4.92 Å². The van der Waals surface area contributed by atoms with E-state index in [1.165, 1.54) is 23.5 Å². The fourth-order valence-electron chi connectivity index (χ4n) is 2.35. The molecule has 1 atom stereocenters. The van der Waals surface area contributed by atoms with Crippen LogP contribution in [0.3, 0.4) is 0 Å². The molecule has 0 radical (unpaired) electrons. The molecule has 23 heavy (non-hydrogen) atoms. The molecule has 8 heteroatoms. The van der Waals surface area contributed by atoms with Crippen LogP contribution in [-0.2, 0) is 0 Å². The molecule has 1 heterocycles. The summed E-state index contributed by atoms with van der Waals surface area (Å²) in [6, 6.07) is 6.12. The molecule has 0 spiro atoms. The monoisotopic (exact) mass is 332 g/mol. The van der Waals surface area contributed by atoms with Gasteiger partial charge in [-0.1, -0.05) is 0 Å². The summed E-state index contributed by atoms with van der Waals surface area (Å²) in [5.74, 6) is 0.258. The van der Waals surface area contributed by atoms with Crippen LogP contribution in [0.1, 0.15) is 23.3 Å². The van der Waals surface area contributed by atoms with E-state index in [2.05, 4.69) is 10.3 Å². The van der Waals surface area contributed by atoms with E-state index in [4.69, 9.17) is 5.73 Å². The molecule has 1 unspecified atom stereocenters. The second-order valence-electron chi connectivity index (χ2n) is 5.49. The van der Waals surface area contributed by atoms with Gasteiger partial charge in [-0.15, -0.1) is 11.3 Å². The Morgan fingerprint density at radius 1 is 1.43 bits per heavy atom. The van der Waals surface area contributed by atoms with Crippen LogP contribution in [0.15, 0.2) is 29.6 Å². The summed E-state index contributed by atoms with van der Waals surface area (Å²) in [6.07, 6.45) is 2.21. The third-order valence-electron chi connectivity index (χ3n) is 3.82. The quantitative estimate of drug-likeness (QED) is 0.622. The van der Waals surface area contributed by atoms with Crippen molar-refractivity contribution < 1.29 is 9.72 Å². The smallest absolute Gasteiger partial charge is 0.271 e. The number of carbonyl (C=O) groups excluding carboxylic acids is 1. The predicted molar refractivity (Wildman–Crippen MR) is 87.2 cm³/mol. The Balaban J connectivity index is 1.71. The Labute approximate surface area is 136 Å². The first-order valence-corrected chi connectivity index (χ1v) is 8.17. The third kappa shape index (κ3) is 3.54. The minimum absolute atomic E-state index is 0.00650. The van der Waals surface area contributed by atoms with Crippen molar-refractivity contribution >= 4 is 22.9 Å². The highest BCUT2D eigenvalue weighted by molar-refractivity contribution is 7.13. The Hall–Kier alpha value is -2.32. The maximum absolute atomic E-state index is 12.2. The van der Waals surface area contributed by atoms with Crippen molar-refractivity contribution in [1.29, 1.82) is 0 Å². The van der Waals surface area contributed by atoms with E-state index in [-0.39, 0.29) is 17.6 Å². The molecular weight excluding hydrogens is 316 g/mol. The van der Waals surface area contributed by atoms with E-state index in [1.54, 1.807) is 17.5 Å². The van der Waals surface area contributed by atoms with Crippen LogP contribution in [0, 0.1) is 16.0 Å². The van der Waals surface area contributed by atoms with Crippen LogP contribution in [0.5, 0.6) is 0 Å². The first kappa shape index (κ1) is 15.6. The average Bonchev–Trinajstić information content (AvgIpc) is 3.28. The van der Waals surface area contributed by atoms with Crippen molar-refractivity contribution in [2.24, 2.45) is 11.7 Å². The van der Waals surface area contributed by atoms with Gasteiger partial charge >= 0.3 is 0 Å². The van der Waals surface area contributed by atoms with Gasteiger partial charge in [0.05, 0.1) is 4.92 Å². The molecule has 1 fully saturated rings. The number of hydrogen-bond donors (Lipinski definition) is 2. The van der Waals surface area contributed by atoms with Gasteiger partial charge in [-0.25, -0.2) is 4.98 Å².